The number of hydrogen-bond donors (Lipinski definition) is 3. The van der Waals surface area contributed by atoms with Crippen molar-refractivity contribution >= 4 is 39.2 Å². The molecule has 0 bridgehead atoms. The van der Waals surface area contributed by atoms with Crippen LogP contribution in [0.3, 0.4) is 0 Å². The Morgan fingerprint density at radius 1 is 1.33 bits per heavy atom. The summed E-state index contributed by atoms with van der Waals surface area (Å²) in [5.41, 5.74) is 4.48. The lowest BCUT2D eigenvalue weighted by Crippen LogP contribution is -2.44. The minimum atomic E-state index is -3.70. The third-order valence-corrected chi connectivity index (χ3v) is 5.57. The topological polar surface area (TPSA) is 154 Å². The lowest BCUT2D eigenvalue weighted by atomic mass is 10.0. The van der Waals surface area contributed by atoms with Crippen LogP contribution in [0, 0.1) is 5.92 Å². The molecule has 1 aromatic heterocycles. The Kier molecular flexibility index (Phi) is 7.52. The van der Waals surface area contributed by atoms with E-state index in [0.717, 1.165) is 11.3 Å². The fourth-order valence-corrected chi connectivity index (χ4v) is 4.45. The number of alkyl carbamates (subject to hydrolysis) is 1. The molecule has 0 aliphatic carbocycles. The summed E-state index contributed by atoms with van der Waals surface area (Å²) in [5, 5.41) is 9.63. The highest BCUT2D eigenvalue weighted by Crippen LogP contribution is 2.22. The predicted octanol–water partition coefficient (Wildman–Crippen LogP) is 2.01. The van der Waals surface area contributed by atoms with E-state index in [1.807, 2.05) is 13.8 Å². The van der Waals surface area contributed by atoms with Gasteiger partial charge in [-0.2, -0.15) is 0 Å². The molecule has 9 nitrogen and oxygen atoms in total. The number of nitrogens with two attached hydrogens (primary N) is 2. The van der Waals surface area contributed by atoms with Crippen molar-refractivity contribution in [3.05, 3.63) is 16.3 Å². The van der Waals surface area contributed by atoms with Gasteiger partial charge in [0, 0.05) is 0 Å². The average Bonchev–Trinajstić information content (AvgIpc) is 2.93. The van der Waals surface area contributed by atoms with E-state index in [1.165, 1.54) is 11.4 Å². The summed E-state index contributed by atoms with van der Waals surface area (Å²) in [6.07, 6.45) is -0.558. The first kappa shape index (κ1) is 23.1. The molecule has 1 rings (SSSR count). The molecule has 2 atom stereocenters. The summed E-state index contributed by atoms with van der Waals surface area (Å²) in [4.78, 5) is 35.9. The second-order valence-electron chi connectivity index (χ2n) is 7.30. The standard InChI is InChI=1S/C16H26N4O5S2/c1-9(2)8-10(19-15(23)25-16(3,4)5)14(22)20-27(18,24)11-6-7-26-12(11)13(17)21/h6-7,9-10H,8H2,1-5H3,(H2,17,21)(H,19,23)(H2,18,20,22,24)/t10-,27?/m0/s1. The SMILES string of the molecule is CC(C)C[C@H](NC(=O)OC(C)(C)C)C(=O)N=S(N)(=O)c1ccsc1C(N)=O. The number of primary amides is 1. The van der Waals surface area contributed by atoms with E-state index in [2.05, 4.69) is 9.68 Å². The second-order valence-corrected chi connectivity index (χ2v) is 9.98. The summed E-state index contributed by atoms with van der Waals surface area (Å²) >= 11 is 0.953. The fraction of sp³-hybridized carbons (Fsp3) is 0.562. The molecule has 0 radical (unpaired) electrons. The number of nitrogens with one attached hydrogen (secondary N) is 1. The van der Waals surface area contributed by atoms with Gasteiger partial charge in [-0.05, 0) is 44.6 Å². The molecule has 0 saturated carbocycles. The van der Waals surface area contributed by atoms with Gasteiger partial charge in [0.1, 0.15) is 26.4 Å². The molecule has 5 N–H and O–H groups in total. The van der Waals surface area contributed by atoms with Crippen LogP contribution in [-0.2, 0) is 19.4 Å². The quantitative estimate of drug-likeness (QED) is 0.645. The molecule has 0 aromatic carbocycles. The molecule has 1 aromatic rings. The molecule has 1 heterocycles. The van der Waals surface area contributed by atoms with Crippen molar-refractivity contribution in [3.8, 4) is 0 Å². The number of thiophene rings is 1. The summed E-state index contributed by atoms with van der Waals surface area (Å²) in [6.45, 7) is 8.75. The van der Waals surface area contributed by atoms with Crippen LogP contribution in [-0.4, -0.2) is 33.8 Å². The number of carbonyl (C=O) groups is 3. The van der Waals surface area contributed by atoms with Gasteiger partial charge in [-0.1, -0.05) is 13.8 Å². The molecule has 3 amide bonds. The maximum Gasteiger partial charge on any atom is 0.408 e. The largest absolute Gasteiger partial charge is 0.444 e. The first-order valence-electron chi connectivity index (χ1n) is 8.18. The Morgan fingerprint density at radius 2 is 1.93 bits per heavy atom. The van der Waals surface area contributed by atoms with Crippen LogP contribution >= 0.6 is 11.3 Å². The summed E-state index contributed by atoms with van der Waals surface area (Å²) < 4.78 is 21.5. The van der Waals surface area contributed by atoms with Crippen molar-refractivity contribution in [1.82, 2.24) is 5.32 Å². The molecular formula is C16H26N4O5S2. The van der Waals surface area contributed by atoms with Crippen molar-refractivity contribution in [2.45, 2.75) is 57.6 Å². The molecule has 0 spiro atoms. The predicted molar refractivity (Wildman–Crippen MR) is 103 cm³/mol. The van der Waals surface area contributed by atoms with E-state index in [-0.39, 0.29) is 22.1 Å². The number of hydrogen-bond acceptors (Lipinski definition) is 6. The van der Waals surface area contributed by atoms with Gasteiger partial charge in [-0.15, -0.1) is 15.7 Å². The zero-order chi connectivity index (χ0) is 21.0. The zero-order valence-corrected chi connectivity index (χ0v) is 17.6. The lowest BCUT2D eigenvalue weighted by Gasteiger charge is -2.23. The van der Waals surface area contributed by atoms with E-state index < -0.39 is 39.5 Å². The van der Waals surface area contributed by atoms with Crippen LogP contribution in [0.25, 0.3) is 0 Å². The Morgan fingerprint density at radius 3 is 2.41 bits per heavy atom. The van der Waals surface area contributed by atoms with Crippen LogP contribution in [0.1, 0.15) is 50.7 Å². The number of carbonyl (C=O) groups excluding carboxylic acids is 3. The van der Waals surface area contributed by atoms with E-state index in [9.17, 15) is 18.6 Å². The smallest absolute Gasteiger partial charge is 0.408 e. The first-order chi connectivity index (χ1) is 12.2. The van der Waals surface area contributed by atoms with Crippen molar-refractivity contribution in [2.24, 2.45) is 21.2 Å². The number of rotatable bonds is 6. The van der Waals surface area contributed by atoms with Gasteiger partial charge in [0.2, 0.25) is 0 Å². The monoisotopic (exact) mass is 418 g/mol. The van der Waals surface area contributed by atoms with Crippen LogP contribution in [0.15, 0.2) is 20.7 Å². The molecule has 1 unspecified atom stereocenters. The van der Waals surface area contributed by atoms with E-state index in [1.54, 1.807) is 20.8 Å². The maximum atomic E-state index is 12.7. The van der Waals surface area contributed by atoms with Gasteiger partial charge in [-0.3, -0.25) is 9.59 Å². The lowest BCUT2D eigenvalue weighted by molar-refractivity contribution is -0.120. The third-order valence-electron chi connectivity index (χ3n) is 3.09. The Labute approximate surface area is 163 Å². The molecule has 27 heavy (non-hydrogen) atoms. The number of amides is 3. The molecule has 0 saturated heterocycles. The van der Waals surface area contributed by atoms with Crippen LogP contribution in [0.2, 0.25) is 0 Å². The summed E-state index contributed by atoms with van der Waals surface area (Å²) in [5.74, 6) is -1.66. The summed E-state index contributed by atoms with van der Waals surface area (Å²) in [6, 6.07) is 0.266. The highest BCUT2D eigenvalue weighted by atomic mass is 32.2. The van der Waals surface area contributed by atoms with Gasteiger partial charge >= 0.3 is 6.09 Å². The second kappa shape index (κ2) is 8.81. The first-order valence-corrected chi connectivity index (χ1v) is 10.6. The van der Waals surface area contributed by atoms with E-state index in [4.69, 9.17) is 15.6 Å². The van der Waals surface area contributed by atoms with E-state index >= 15 is 0 Å². The Bertz CT molecular complexity index is 832. The molecule has 0 fully saturated rings. The van der Waals surface area contributed by atoms with Crippen molar-refractivity contribution in [1.29, 1.82) is 0 Å². The molecule has 0 aliphatic rings. The van der Waals surface area contributed by atoms with Gasteiger partial charge in [0.25, 0.3) is 11.8 Å². The van der Waals surface area contributed by atoms with Gasteiger partial charge in [0.05, 0.1) is 4.90 Å². The van der Waals surface area contributed by atoms with Crippen molar-refractivity contribution in [2.75, 3.05) is 0 Å². The molecule has 11 heteroatoms. The maximum absolute atomic E-state index is 12.7. The highest BCUT2D eigenvalue weighted by molar-refractivity contribution is 7.92. The number of nitrogens with zero attached hydrogens (tertiary/aromatic N) is 1. The van der Waals surface area contributed by atoms with Crippen molar-refractivity contribution in [3.63, 3.8) is 0 Å². The zero-order valence-electron chi connectivity index (χ0n) is 16.0. The van der Waals surface area contributed by atoms with Crippen LogP contribution < -0.4 is 16.2 Å². The van der Waals surface area contributed by atoms with Crippen LogP contribution in [0.5, 0.6) is 0 Å². The minimum absolute atomic E-state index is 0.0280. The van der Waals surface area contributed by atoms with Gasteiger partial charge in [0.15, 0.2) is 0 Å². The minimum Gasteiger partial charge on any atom is -0.444 e. The molecule has 0 aliphatic heterocycles. The molecule has 152 valence electrons. The highest BCUT2D eigenvalue weighted by Gasteiger charge is 2.27. The van der Waals surface area contributed by atoms with Crippen molar-refractivity contribution < 1.29 is 23.3 Å². The fourth-order valence-electron chi connectivity index (χ4n) is 2.10. The van der Waals surface area contributed by atoms with E-state index in [0.29, 0.717) is 0 Å². The molecular weight excluding hydrogens is 392 g/mol. The Balaban J connectivity index is 3.15. The average molecular weight is 419 g/mol. The third kappa shape index (κ3) is 7.27. The number of ether oxygens (including phenoxy) is 1. The van der Waals surface area contributed by atoms with Crippen LogP contribution in [0.4, 0.5) is 4.79 Å². The Hall–Kier alpha value is -1.98. The normalized spacial score (nSPS) is 14.9. The van der Waals surface area contributed by atoms with Gasteiger partial charge < -0.3 is 15.8 Å². The summed E-state index contributed by atoms with van der Waals surface area (Å²) in [7, 11) is -3.70. The van der Waals surface area contributed by atoms with Gasteiger partial charge in [-0.25, -0.2) is 14.1 Å².